The first-order valence-electron chi connectivity index (χ1n) is 16.5. The number of carbonyl (C=O) groups is 5. The zero-order valence-electron chi connectivity index (χ0n) is 25.8. The second-order valence-corrected chi connectivity index (χ2v) is 13.3. The molecule has 11 nitrogen and oxygen atoms in total. The number of hydrogen-bond acceptors (Lipinski definition) is 8. The lowest BCUT2D eigenvalue weighted by atomic mass is 9.83. The van der Waals surface area contributed by atoms with Crippen LogP contribution in [0.25, 0.3) is 0 Å². The number of amides is 5. The number of nitrogens with one attached hydrogen (secondary N) is 1. The van der Waals surface area contributed by atoms with E-state index in [9.17, 15) is 24.0 Å². The van der Waals surface area contributed by atoms with Gasteiger partial charge < -0.3 is 19.4 Å². The van der Waals surface area contributed by atoms with E-state index in [4.69, 9.17) is 4.74 Å². The van der Waals surface area contributed by atoms with Crippen molar-refractivity contribution in [1.29, 1.82) is 0 Å². The summed E-state index contributed by atoms with van der Waals surface area (Å²) >= 11 is 0. The quantitative estimate of drug-likeness (QED) is 0.336. The van der Waals surface area contributed by atoms with Crippen LogP contribution in [0.4, 0.5) is 10.5 Å². The standard InChI is InChI=1S/C33H45N5O6/c1-2-3-16-44-33(43)37-20-24(21-37)17-22-8-12-35(13-9-22)19-23-10-14-36(15-11-23)25-4-5-26-27(18-25)32(42)38(31(26)41)28-6-7-29(39)34-30(28)40/h4-5,18,22-24,28H,2-3,6-17,19-21H2,1H3,(H,34,39,40). The molecule has 0 radical (unpaired) electrons. The van der Waals surface area contributed by atoms with Gasteiger partial charge in [0, 0.05) is 44.8 Å². The Morgan fingerprint density at radius 3 is 2.30 bits per heavy atom. The van der Waals surface area contributed by atoms with E-state index in [2.05, 4.69) is 22.0 Å². The second-order valence-electron chi connectivity index (χ2n) is 13.3. The molecule has 1 atom stereocenters. The summed E-state index contributed by atoms with van der Waals surface area (Å²) in [5.74, 6) is 0.109. The Morgan fingerprint density at radius 2 is 1.59 bits per heavy atom. The molecule has 0 aromatic heterocycles. The molecule has 0 bridgehead atoms. The number of rotatable bonds is 9. The predicted octanol–water partition coefficient (Wildman–Crippen LogP) is 3.27. The summed E-state index contributed by atoms with van der Waals surface area (Å²) in [5, 5.41) is 2.24. The third-order valence-electron chi connectivity index (χ3n) is 10.2. The Morgan fingerprint density at radius 1 is 0.886 bits per heavy atom. The SMILES string of the molecule is CCCCOC(=O)N1CC(CC2CCN(CC3CCN(c4ccc5c(c4)C(=O)N(C4CCC(=O)NC4=O)C5=O)CC3)CC2)C1. The number of anilines is 1. The van der Waals surface area contributed by atoms with Crippen molar-refractivity contribution in [3.05, 3.63) is 29.3 Å². The number of hydrogen-bond donors (Lipinski definition) is 1. The monoisotopic (exact) mass is 607 g/mol. The van der Waals surface area contributed by atoms with E-state index in [0.29, 0.717) is 29.6 Å². The average molecular weight is 608 g/mol. The molecule has 0 aliphatic carbocycles. The van der Waals surface area contributed by atoms with Crippen LogP contribution in [0, 0.1) is 17.8 Å². The first-order valence-corrected chi connectivity index (χ1v) is 16.5. The molecule has 1 aromatic carbocycles. The highest BCUT2D eigenvalue weighted by Crippen LogP contribution is 2.33. The molecule has 44 heavy (non-hydrogen) atoms. The van der Waals surface area contributed by atoms with Crippen molar-refractivity contribution in [1.82, 2.24) is 20.0 Å². The van der Waals surface area contributed by atoms with Gasteiger partial charge in [0.25, 0.3) is 11.8 Å². The van der Waals surface area contributed by atoms with Crippen molar-refractivity contribution >= 4 is 35.4 Å². The van der Waals surface area contributed by atoms with E-state index in [1.165, 1.54) is 19.3 Å². The van der Waals surface area contributed by atoms with E-state index in [0.717, 1.165) is 88.0 Å². The third kappa shape index (κ3) is 6.48. The van der Waals surface area contributed by atoms with Gasteiger partial charge in [0.05, 0.1) is 17.7 Å². The number of unbranched alkanes of at least 4 members (excludes halogenated alkanes) is 1. The molecule has 5 heterocycles. The molecule has 5 amide bonds. The van der Waals surface area contributed by atoms with Crippen LogP contribution in [0.15, 0.2) is 18.2 Å². The number of carbonyl (C=O) groups excluding carboxylic acids is 5. The van der Waals surface area contributed by atoms with Crippen molar-refractivity contribution in [2.45, 2.75) is 70.8 Å². The minimum atomic E-state index is -0.946. The van der Waals surface area contributed by atoms with Crippen LogP contribution in [-0.2, 0) is 14.3 Å². The van der Waals surface area contributed by atoms with E-state index in [1.54, 1.807) is 12.1 Å². The summed E-state index contributed by atoms with van der Waals surface area (Å²) in [6.07, 6.45) is 7.92. The van der Waals surface area contributed by atoms with Gasteiger partial charge >= 0.3 is 6.09 Å². The fraction of sp³-hybridized carbons (Fsp3) is 0.667. The lowest BCUT2D eigenvalue weighted by Crippen LogP contribution is -2.54. The molecule has 1 aromatic rings. The van der Waals surface area contributed by atoms with Gasteiger partial charge in [0.15, 0.2) is 0 Å². The van der Waals surface area contributed by atoms with Crippen LogP contribution < -0.4 is 10.2 Å². The number of ether oxygens (including phenoxy) is 1. The molecule has 0 spiro atoms. The Kier molecular flexibility index (Phi) is 9.21. The van der Waals surface area contributed by atoms with Crippen LogP contribution in [-0.4, -0.2) is 103 Å². The molecule has 4 saturated heterocycles. The van der Waals surface area contributed by atoms with Gasteiger partial charge in [-0.15, -0.1) is 0 Å². The molecule has 5 aliphatic heterocycles. The fourth-order valence-electron chi connectivity index (χ4n) is 7.53. The molecule has 11 heteroatoms. The topological polar surface area (TPSA) is 120 Å². The summed E-state index contributed by atoms with van der Waals surface area (Å²) in [7, 11) is 0. The van der Waals surface area contributed by atoms with E-state index in [1.807, 2.05) is 11.0 Å². The zero-order chi connectivity index (χ0) is 30.8. The van der Waals surface area contributed by atoms with Gasteiger partial charge in [0.2, 0.25) is 11.8 Å². The van der Waals surface area contributed by atoms with E-state index >= 15 is 0 Å². The molecule has 0 saturated carbocycles. The van der Waals surface area contributed by atoms with Gasteiger partial charge in [-0.2, -0.15) is 0 Å². The Labute approximate surface area is 259 Å². The van der Waals surface area contributed by atoms with Crippen LogP contribution in [0.5, 0.6) is 0 Å². The molecule has 238 valence electrons. The number of likely N-dealkylation sites (tertiary alicyclic amines) is 2. The van der Waals surface area contributed by atoms with Crippen LogP contribution in [0.2, 0.25) is 0 Å². The van der Waals surface area contributed by atoms with Crippen LogP contribution in [0.1, 0.15) is 85.4 Å². The highest BCUT2D eigenvalue weighted by molar-refractivity contribution is 6.23. The van der Waals surface area contributed by atoms with Crippen molar-refractivity contribution in [2.24, 2.45) is 17.8 Å². The summed E-state index contributed by atoms with van der Waals surface area (Å²) < 4.78 is 5.33. The van der Waals surface area contributed by atoms with Gasteiger partial charge in [-0.1, -0.05) is 13.3 Å². The number of benzene rings is 1. The minimum Gasteiger partial charge on any atom is -0.449 e. The summed E-state index contributed by atoms with van der Waals surface area (Å²) in [6, 6.07) is 4.45. The number of piperidine rings is 3. The molecule has 1 N–H and O–H groups in total. The molecule has 6 rings (SSSR count). The molecule has 1 unspecified atom stereocenters. The van der Waals surface area contributed by atoms with Gasteiger partial charge in [-0.3, -0.25) is 29.4 Å². The van der Waals surface area contributed by atoms with Crippen LogP contribution in [0.3, 0.4) is 0 Å². The minimum absolute atomic E-state index is 0.111. The van der Waals surface area contributed by atoms with Crippen LogP contribution >= 0.6 is 0 Å². The number of nitrogens with zero attached hydrogens (tertiary/aromatic N) is 4. The molecule has 5 aliphatic rings. The van der Waals surface area contributed by atoms with Crippen molar-refractivity contribution < 1.29 is 28.7 Å². The fourth-order valence-corrected chi connectivity index (χ4v) is 7.53. The Hall–Kier alpha value is -3.47. The summed E-state index contributed by atoms with van der Waals surface area (Å²) in [5.41, 5.74) is 1.59. The van der Waals surface area contributed by atoms with Crippen molar-refractivity contribution in [3.8, 4) is 0 Å². The second kappa shape index (κ2) is 13.3. The smallest absolute Gasteiger partial charge is 0.409 e. The first kappa shape index (κ1) is 30.6. The summed E-state index contributed by atoms with van der Waals surface area (Å²) in [6.45, 7) is 9.52. The normalized spacial score (nSPS) is 24.0. The molecular weight excluding hydrogens is 562 g/mol. The predicted molar refractivity (Wildman–Crippen MR) is 163 cm³/mol. The number of imide groups is 2. The first-order chi connectivity index (χ1) is 21.3. The Balaban J connectivity index is 0.922. The van der Waals surface area contributed by atoms with Gasteiger partial charge in [0.1, 0.15) is 6.04 Å². The molecule has 4 fully saturated rings. The lowest BCUT2D eigenvalue weighted by Gasteiger charge is -2.42. The number of fused-ring (bicyclic) bond motifs is 1. The van der Waals surface area contributed by atoms with Gasteiger partial charge in [-0.05, 0) is 94.0 Å². The zero-order valence-corrected chi connectivity index (χ0v) is 25.8. The largest absolute Gasteiger partial charge is 0.449 e. The van der Waals surface area contributed by atoms with Crippen molar-refractivity contribution in [3.63, 3.8) is 0 Å². The van der Waals surface area contributed by atoms with E-state index in [-0.39, 0.29) is 24.8 Å². The highest BCUT2D eigenvalue weighted by Gasteiger charge is 2.45. The third-order valence-corrected chi connectivity index (χ3v) is 10.2. The van der Waals surface area contributed by atoms with Gasteiger partial charge in [-0.25, -0.2) is 4.79 Å². The maximum Gasteiger partial charge on any atom is 0.409 e. The molecular formula is C33H45N5O6. The van der Waals surface area contributed by atoms with Crippen molar-refractivity contribution in [2.75, 3.05) is 57.3 Å². The lowest BCUT2D eigenvalue weighted by molar-refractivity contribution is -0.136. The average Bonchev–Trinajstić information content (AvgIpc) is 3.24. The Bertz CT molecular complexity index is 1280. The van der Waals surface area contributed by atoms with E-state index < -0.39 is 23.8 Å². The maximum absolute atomic E-state index is 13.2. The maximum atomic E-state index is 13.2. The highest BCUT2D eigenvalue weighted by atomic mass is 16.6. The summed E-state index contributed by atoms with van der Waals surface area (Å²) in [4.78, 5) is 70.0.